The van der Waals surface area contributed by atoms with Crippen molar-refractivity contribution >= 4 is 17.5 Å². The minimum Gasteiger partial charge on any atom is -0.488 e. The lowest BCUT2D eigenvalue weighted by molar-refractivity contribution is -0.0231. The van der Waals surface area contributed by atoms with Gasteiger partial charge in [0.2, 0.25) is 0 Å². The van der Waals surface area contributed by atoms with E-state index in [2.05, 4.69) is 5.10 Å². The fourth-order valence-corrected chi connectivity index (χ4v) is 4.51. The number of amides is 1. The molecule has 27 heavy (non-hydrogen) atoms. The van der Waals surface area contributed by atoms with E-state index in [0.29, 0.717) is 54.4 Å². The zero-order chi connectivity index (χ0) is 19.0. The van der Waals surface area contributed by atoms with E-state index in [-0.39, 0.29) is 12.0 Å². The lowest BCUT2D eigenvalue weighted by Gasteiger charge is -2.35. The zero-order valence-corrected chi connectivity index (χ0v) is 16.0. The van der Waals surface area contributed by atoms with Crippen molar-refractivity contribution in [1.29, 1.82) is 0 Å². The second-order valence-corrected chi connectivity index (χ2v) is 7.85. The maximum atomic E-state index is 12.9. The number of aliphatic hydroxyl groups excluding tert-OH is 1. The summed E-state index contributed by atoms with van der Waals surface area (Å²) in [5.41, 5.74) is 0.628. The summed E-state index contributed by atoms with van der Waals surface area (Å²) in [6.45, 7) is 4.02. The minimum atomic E-state index is -0.540. The van der Waals surface area contributed by atoms with E-state index in [4.69, 9.17) is 16.3 Å². The van der Waals surface area contributed by atoms with Crippen LogP contribution in [0.1, 0.15) is 30.3 Å². The van der Waals surface area contributed by atoms with Crippen LogP contribution in [0.3, 0.4) is 0 Å². The minimum absolute atomic E-state index is 0.0190. The monoisotopic (exact) mass is 389 g/mol. The third-order valence-corrected chi connectivity index (χ3v) is 5.93. The van der Waals surface area contributed by atoms with Crippen LogP contribution in [-0.2, 0) is 6.54 Å². The van der Waals surface area contributed by atoms with Gasteiger partial charge in [-0.25, -0.2) is 0 Å². The zero-order valence-electron chi connectivity index (χ0n) is 15.3. The second-order valence-electron chi connectivity index (χ2n) is 7.41. The first-order valence-electron chi connectivity index (χ1n) is 9.46. The Morgan fingerprint density at radius 2 is 2.07 bits per heavy atom. The predicted molar refractivity (Wildman–Crippen MR) is 102 cm³/mol. The van der Waals surface area contributed by atoms with Crippen LogP contribution in [0.4, 0.5) is 0 Å². The highest BCUT2D eigenvalue weighted by atomic mass is 35.5. The number of carbonyl (C=O) groups is 1. The quantitative estimate of drug-likeness (QED) is 0.873. The molecular weight excluding hydrogens is 366 g/mol. The molecule has 4 rings (SSSR count). The fourth-order valence-electron chi connectivity index (χ4n) is 4.33. The van der Waals surface area contributed by atoms with Crippen molar-refractivity contribution in [1.82, 2.24) is 14.7 Å². The molecule has 2 aliphatic rings. The summed E-state index contributed by atoms with van der Waals surface area (Å²) in [7, 11) is 0. The van der Waals surface area contributed by atoms with Crippen LogP contribution in [0.25, 0.3) is 0 Å². The third kappa shape index (κ3) is 3.69. The molecular formula is C20H24ClN3O3. The number of aliphatic hydroxyl groups is 1. The number of rotatable bonds is 4. The number of ether oxygens (including phenoxy) is 1. The topological polar surface area (TPSA) is 67.6 Å². The molecule has 0 unspecified atom stereocenters. The van der Waals surface area contributed by atoms with E-state index < -0.39 is 6.10 Å². The molecule has 2 fully saturated rings. The van der Waals surface area contributed by atoms with Gasteiger partial charge in [-0.2, -0.15) is 5.10 Å². The molecule has 2 aromatic rings. The lowest BCUT2D eigenvalue weighted by Crippen LogP contribution is -2.42. The van der Waals surface area contributed by atoms with Crippen molar-refractivity contribution in [2.75, 3.05) is 13.1 Å². The van der Waals surface area contributed by atoms with Gasteiger partial charge in [0.25, 0.3) is 5.91 Å². The number of fused-ring (bicyclic) bond motifs is 1. The van der Waals surface area contributed by atoms with Gasteiger partial charge in [0.05, 0.1) is 6.10 Å². The summed E-state index contributed by atoms with van der Waals surface area (Å²) in [6.07, 6.45) is 2.22. The van der Waals surface area contributed by atoms with Crippen molar-refractivity contribution in [2.45, 2.75) is 38.5 Å². The predicted octanol–water partition coefficient (Wildman–Crippen LogP) is 2.85. The van der Waals surface area contributed by atoms with Crippen molar-refractivity contribution in [3.63, 3.8) is 0 Å². The smallest absolute Gasteiger partial charge is 0.272 e. The van der Waals surface area contributed by atoms with Crippen LogP contribution in [0.15, 0.2) is 36.5 Å². The van der Waals surface area contributed by atoms with Crippen molar-refractivity contribution < 1.29 is 14.6 Å². The number of hydrogen-bond donors (Lipinski definition) is 1. The molecule has 1 aliphatic carbocycles. The lowest BCUT2D eigenvalue weighted by atomic mass is 9.78. The van der Waals surface area contributed by atoms with Crippen LogP contribution in [0.2, 0.25) is 5.02 Å². The number of likely N-dealkylation sites (tertiary alicyclic amines) is 1. The Bertz CT molecular complexity index is 824. The number of aryl methyl sites for hydroxylation is 1. The number of hydrogen-bond acceptors (Lipinski definition) is 4. The van der Waals surface area contributed by atoms with Crippen LogP contribution in [0, 0.1) is 11.8 Å². The molecule has 6 nitrogen and oxygen atoms in total. The molecule has 1 N–H and O–H groups in total. The van der Waals surface area contributed by atoms with Crippen molar-refractivity contribution in [3.05, 3.63) is 47.2 Å². The maximum Gasteiger partial charge on any atom is 0.272 e. The molecule has 0 radical (unpaired) electrons. The third-order valence-electron chi connectivity index (χ3n) is 5.69. The molecule has 0 bridgehead atoms. The van der Waals surface area contributed by atoms with Gasteiger partial charge in [0, 0.05) is 30.9 Å². The Hall–Kier alpha value is -2.05. The molecule has 1 amide bonds. The summed E-state index contributed by atoms with van der Waals surface area (Å²) in [4.78, 5) is 14.8. The number of halogens is 1. The Morgan fingerprint density at radius 1 is 1.30 bits per heavy atom. The van der Waals surface area contributed by atoms with Gasteiger partial charge in [-0.15, -0.1) is 0 Å². The van der Waals surface area contributed by atoms with E-state index in [0.717, 1.165) is 6.42 Å². The Labute approximate surface area is 163 Å². The molecule has 1 saturated carbocycles. The van der Waals surface area contributed by atoms with E-state index in [1.54, 1.807) is 29.1 Å². The Balaban J connectivity index is 1.43. The van der Waals surface area contributed by atoms with Crippen LogP contribution in [0.5, 0.6) is 5.75 Å². The molecule has 2 heterocycles. The van der Waals surface area contributed by atoms with Gasteiger partial charge in [0.1, 0.15) is 17.5 Å². The molecule has 0 spiro atoms. The number of benzene rings is 1. The van der Waals surface area contributed by atoms with Crippen molar-refractivity contribution in [2.24, 2.45) is 11.8 Å². The molecule has 4 atom stereocenters. The maximum absolute atomic E-state index is 12.9. The second kappa shape index (κ2) is 7.52. The van der Waals surface area contributed by atoms with E-state index in [9.17, 15) is 9.90 Å². The first kappa shape index (κ1) is 18.3. The van der Waals surface area contributed by atoms with E-state index >= 15 is 0 Å². The largest absolute Gasteiger partial charge is 0.488 e. The van der Waals surface area contributed by atoms with Gasteiger partial charge in [-0.05, 0) is 55.9 Å². The average molecular weight is 390 g/mol. The normalized spacial score (nSPS) is 27.4. The number of nitrogens with zero attached hydrogens (tertiary/aromatic N) is 3. The van der Waals surface area contributed by atoms with Crippen LogP contribution < -0.4 is 4.74 Å². The number of aromatic nitrogens is 2. The molecule has 144 valence electrons. The van der Waals surface area contributed by atoms with Gasteiger partial charge in [-0.1, -0.05) is 17.7 Å². The Morgan fingerprint density at radius 3 is 2.81 bits per heavy atom. The molecule has 1 aliphatic heterocycles. The molecule has 7 heteroatoms. The van der Waals surface area contributed by atoms with Gasteiger partial charge >= 0.3 is 0 Å². The molecule has 1 aromatic carbocycles. The van der Waals surface area contributed by atoms with Crippen LogP contribution in [-0.4, -0.2) is 51.0 Å². The fraction of sp³-hybridized carbons (Fsp3) is 0.500. The average Bonchev–Trinajstić information content (AvgIpc) is 3.28. The summed E-state index contributed by atoms with van der Waals surface area (Å²) in [5, 5.41) is 15.4. The van der Waals surface area contributed by atoms with E-state index in [1.165, 1.54) is 0 Å². The summed E-state index contributed by atoms with van der Waals surface area (Å²) < 4.78 is 7.74. The summed E-state index contributed by atoms with van der Waals surface area (Å²) in [5.74, 6) is 1.33. The van der Waals surface area contributed by atoms with Gasteiger partial charge < -0.3 is 14.7 Å². The standard InChI is InChI=1S/C20H24ClN3O3/c1-2-24-17(6-7-22-24)20(26)23-11-13-8-18(25)19(9-14(13)12-23)27-16-5-3-4-15(21)10-16/h3-7,10,13-14,18-19,25H,2,8-9,11-12H2,1H3/t13-,14+,18+,19+/m0/s1. The highest BCUT2D eigenvalue weighted by Gasteiger charge is 2.44. The van der Waals surface area contributed by atoms with Gasteiger partial charge in [-0.3, -0.25) is 9.48 Å². The number of carbonyl (C=O) groups excluding carboxylic acids is 1. The highest BCUT2D eigenvalue weighted by Crippen LogP contribution is 2.38. The van der Waals surface area contributed by atoms with Crippen molar-refractivity contribution in [3.8, 4) is 5.75 Å². The summed E-state index contributed by atoms with van der Waals surface area (Å²) in [6, 6.07) is 9.01. The van der Waals surface area contributed by atoms with E-state index in [1.807, 2.05) is 24.0 Å². The van der Waals surface area contributed by atoms with Gasteiger partial charge in [0.15, 0.2) is 0 Å². The van der Waals surface area contributed by atoms with Crippen LogP contribution >= 0.6 is 11.6 Å². The SMILES string of the molecule is CCn1nccc1C(=O)N1C[C@H]2C[C@@H](Oc3cccc(Cl)c3)[C@H](O)C[C@H]2C1. The Kier molecular flexibility index (Phi) is 5.10. The highest BCUT2D eigenvalue weighted by molar-refractivity contribution is 6.30. The first-order valence-corrected chi connectivity index (χ1v) is 9.84. The summed E-state index contributed by atoms with van der Waals surface area (Å²) >= 11 is 6.02. The first-order chi connectivity index (χ1) is 13.0. The molecule has 1 aromatic heterocycles. The molecule has 1 saturated heterocycles.